The molecular weight excluding hydrogens is 212 g/mol. The summed E-state index contributed by atoms with van der Waals surface area (Å²) in [5.41, 5.74) is 1.99. The highest BCUT2D eigenvalue weighted by molar-refractivity contribution is 6.32. The van der Waals surface area contributed by atoms with Crippen molar-refractivity contribution in [3.05, 3.63) is 42.0 Å². The molecule has 0 radical (unpaired) electrons. The number of benzene rings is 1. The lowest BCUT2D eigenvalue weighted by Crippen LogP contribution is -1.72. The van der Waals surface area contributed by atoms with Crippen molar-refractivity contribution in [1.29, 1.82) is 0 Å². The maximum absolute atomic E-state index is 5.91. The van der Waals surface area contributed by atoms with Gasteiger partial charge in [0.05, 0.1) is 0 Å². The van der Waals surface area contributed by atoms with Crippen LogP contribution in [0.15, 0.2) is 41.3 Å². The number of nitrogens with zero attached hydrogens (tertiary/aromatic N) is 1. The molecule has 0 unspecified atom stereocenters. The molecule has 0 saturated heterocycles. The van der Waals surface area contributed by atoms with Crippen LogP contribution in [0.3, 0.4) is 0 Å². The van der Waals surface area contributed by atoms with Crippen molar-refractivity contribution in [2.75, 3.05) is 0 Å². The number of fused-ring (bicyclic) bond motifs is 1. The van der Waals surface area contributed by atoms with E-state index >= 15 is 0 Å². The van der Waals surface area contributed by atoms with Crippen LogP contribution >= 0.6 is 11.6 Å². The fourth-order valence-corrected chi connectivity index (χ4v) is 1.85. The number of hydrogen-bond acceptors (Lipinski definition) is 2. The van der Waals surface area contributed by atoms with Crippen LogP contribution in [-0.4, -0.2) is 9.97 Å². The zero-order valence-electron chi connectivity index (χ0n) is 7.70. The Kier molecular flexibility index (Phi) is 1.79. The van der Waals surface area contributed by atoms with Crippen molar-refractivity contribution in [3.63, 3.8) is 0 Å². The van der Waals surface area contributed by atoms with Crippen LogP contribution in [0.2, 0.25) is 5.15 Å². The Balaban J connectivity index is 2.32. The summed E-state index contributed by atoms with van der Waals surface area (Å²) in [6.45, 7) is 0. The minimum absolute atomic E-state index is 0.389. The first-order chi connectivity index (χ1) is 7.36. The van der Waals surface area contributed by atoms with Crippen molar-refractivity contribution in [3.8, 4) is 11.3 Å². The molecule has 2 heterocycles. The van der Waals surface area contributed by atoms with Crippen molar-refractivity contribution in [1.82, 2.24) is 9.97 Å². The SMILES string of the molecule is Clc1ncoc1-c1c[nH]c2ccccc12. The quantitative estimate of drug-likeness (QED) is 0.680. The summed E-state index contributed by atoms with van der Waals surface area (Å²) < 4.78 is 5.25. The van der Waals surface area contributed by atoms with Gasteiger partial charge in [-0.25, -0.2) is 4.98 Å². The van der Waals surface area contributed by atoms with Crippen molar-refractivity contribution in [2.45, 2.75) is 0 Å². The monoisotopic (exact) mass is 218 g/mol. The van der Waals surface area contributed by atoms with E-state index in [1.54, 1.807) is 0 Å². The Morgan fingerprint density at radius 3 is 2.93 bits per heavy atom. The molecule has 4 heteroatoms. The topological polar surface area (TPSA) is 41.8 Å². The van der Waals surface area contributed by atoms with Gasteiger partial charge in [-0.3, -0.25) is 0 Å². The summed E-state index contributed by atoms with van der Waals surface area (Å²) in [5.74, 6) is 0.606. The van der Waals surface area contributed by atoms with Crippen molar-refractivity contribution in [2.24, 2.45) is 0 Å². The third kappa shape index (κ3) is 1.24. The highest BCUT2D eigenvalue weighted by Gasteiger charge is 2.12. The van der Waals surface area contributed by atoms with Gasteiger partial charge in [-0.05, 0) is 6.07 Å². The summed E-state index contributed by atoms with van der Waals surface area (Å²) in [6.07, 6.45) is 3.22. The van der Waals surface area contributed by atoms with Crippen molar-refractivity contribution >= 4 is 22.5 Å². The van der Waals surface area contributed by atoms with E-state index in [4.69, 9.17) is 16.0 Å². The van der Waals surface area contributed by atoms with E-state index in [9.17, 15) is 0 Å². The number of aromatic amines is 1. The molecular formula is C11H7ClN2O. The van der Waals surface area contributed by atoms with Gasteiger partial charge >= 0.3 is 0 Å². The zero-order valence-corrected chi connectivity index (χ0v) is 8.45. The Labute approximate surface area is 90.7 Å². The Morgan fingerprint density at radius 1 is 1.27 bits per heavy atom. The van der Waals surface area contributed by atoms with Gasteiger partial charge in [0, 0.05) is 22.7 Å². The van der Waals surface area contributed by atoms with Crippen LogP contribution in [0.5, 0.6) is 0 Å². The molecule has 3 aromatic rings. The second-order valence-corrected chi connectivity index (χ2v) is 3.58. The molecule has 3 rings (SSSR count). The first kappa shape index (κ1) is 8.56. The summed E-state index contributed by atoms with van der Waals surface area (Å²) in [6, 6.07) is 7.97. The number of halogens is 1. The Morgan fingerprint density at radius 2 is 2.13 bits per heavy atom. The summed E-state index contributed by atoms with van der Waals surface area (Å²) in [5, 5.41) is 1.47. The molecule has 0 atom stereocenters. The number of oxazole rings is 1. The summed E-state index contributed by atoms with van der Waals surface area (Å²) in [4.78, 5) is 7.02. The molecule has 15 heavy (non-hydrogen) atoms. The van der Waals surface area contributed by atoms with Gasteiger partial charge in [-0.1, -0.05) is 29.8 Å². The normalized spacial score (nSPS) is 11.0. The zero-order chi connectivity index (χ0) is 10.3. The average Bonchev–Trinajstić information content (AvgIpc) is 2.83. The predicted molar refractivity (Wildman–Crippen MR) is 58.8 cm³/mol. The minimum Gasteiger partial charge on any atom is -0.442 e. The average molecular weight is 219 g/mol. The molecule has 0 fully saturated rings. The maximum Gasteiger partial charge on any atom is 0.182 e. The number of hydrogen-bond donors (Lipinski definition) is 1. The second-order valence-electron chi connectivity index (χ2n) is 3.22. The first-order valence-electron chi connectivity index (χ1n) is 4.52. The third-order valence-electron chi connectivity index (χ3n) is 2.36. The lowest BCUT2D eigenvalue weighted by Gasteiger charge is -1.93. The summed E-state index contributed by atoms with van der Waals surface area (Å²) >= 11 is 5.91. The van der Waals surface area contributed by atoms with Gasteiger partial charge in [0.2, 0.25) is 0 Å². The van der Waals surface area contributed by atoms with E-state index in [0.29, 0.717) is 10.9 Å². The molecule has 0 saturated carbocycles. The van der Waals surface area contributed by atoms with Gasteiger partial charge in [-0.2, -0.15) is 0 Å². The van der Waals surface area contributed by atoms with Crippen LogP contribution in [0.4, 0.5) is 0 Å². The van der Waals surface area contributed by atoms with Crippen LogP contribution in [0, 0.1) is 0 Å². The highest BCUT2D eigenvalue weighted by atomic mass is 35.5. The van der Waals surface area contributed by atoms with Gasteiger partial charge in [0.15, 0.2) is 17.3 Å². The predicted octanol–water partition coefficient (Wildman–Crippen LogP) is 3.48. The fraction of sp³-hybridized carbons (Fsp3) is 0. The molecule has 0 aliphatic heterocycles. The van der Waals surface area contributed by atoms with Crippen LogP contribution in [0.1, 0.15) is 0 Å². The van der Waals surface area contributed by atoms with Gasteiger partial charge in [0.1, 0.15) is 0 Å². The molecule has 0 spiro atoms. The largest absolute Gasteiger partial charge is 0.442 e. The highest BCUT2D eigenvalue weighted by Crippen LogP contribution is 2.32. The molecule has 74 valence electrons. The van der Waals surface area contributed by atoms with Crippen LogP contribution in [0.25, 0.3) is 22.2 Å². The molecule has 0 amide bonds. The Bertz CT molecular complexity index is 612. The third-order valence-corrected chi connectivity index (χ3v) is 2.63. The standard InChI is InChI=1S/C11H7ClN2O/c12-11-10(15-6-14-11)8-5-13-9-4-2-1-3-7(8)9/h1-6,13H. The van der Waals surface area contributed by atoms with Crippen LogP contribution in [-0.2, 0) is 0 Å². The Hall–Kier alpha value is -1.74. The second kappa shape index (κ2) is 3.14. The number of aromatic nitrogens is 2. The van der Waals surface area contributed by atoms with Crippen LogP contribution < -0.4 is 0 Å². The lowest BCUT2D eigenvalue weighted by molar-refractivity contribution is 0.572. The van der Waals surface area contributed by atoms with Gasteiger partial charge in [-0.15, -0.1) is 0 Å². The molecule has 1 aromatic carbocycles. The maximum atomic E-state index is 5.91. The number of nitrogens with one attached hydrogen (secondary N) is 1. The molecule has 3 nitrogen and oxygen atoms in total. The molecule has 2 aromatic heterocycles. The molecule has 0 aliphatic rings. The molecule has 1 N–H and O–H groups in total. The molecule has 0 bridgehead atoms. The lowest BCUT2D eigenvalue weighted by atomic mass is 10.1. The van der Waals surface area contributed by atoms with E-state index in [2.05, 4.69) is 9.97 Å². The molecule has 0 aliphatic carbocycles. The van der Waals surface area contributed by atoms with E-state index < -0.39 is 0 Å². The van der Waals surface area contributed by atoms with E-state index in [1.807, 2.05) is 30.5 Å². The smallest absolute Gasteiger partial charge is 0.182 e. The minimum atomic E-state index is 0.389. The number of para-hydroxylation sites is 1. The van der Waals surface area contributed by atoms with E-state index in [0.717, 1.165) is 16.5 Å². The van der Waals surface area contributed by atoms with E-state index in [-0.39, 0.29) is 0 Å². The van der Waals surface area contributed by atoms with E-state index in [1.165, 1.54) is 6.39 Å². The summed E-state index contributed by atoms with van der Waals surface area (Å²) in [7, 11) is 0. The van der Waals surface area contributed by atoms with Gasteiger partial charge in [0.25, 0.3) is 0 Å². The van der Waals surface area contributed by atoms with Gasteiger partial charge < -0.3 is 9.40 Å². The fourth-order valence-electron chi connectivity index (χ4n) is 1.67. The first-order valence-corrected chi connectivity index (χ1v) is 4.89. The van der Waals surface area contributed by atoms with Crippen molar-refractivity contribution < 1.29 is 4.42 Å². The number of rotatable bonds is 1. The number of H-pyrrole nitrogens is 1.